The van der Waals surface area contributed by atoms with E-state index in [1.807, 2.05) is 0 Å². The number of aliphatic hydroxyl groups excluding tert-OH is 1. The maximum absolute atomic E-state index is 11.7. The first-order valence-corrected chi connectivity index (χ1v) is 6.06. The second-order valence-corrected chi connectivity index (χ2v) is 4.09. The van der Waals surface area contributed by atoms with Crippen LogP contribution in [-0.2, 0) is 9.53 Å². The number of aliphatic hydroxyl groups is 1. The number of rotatable bonds is 5. The molecule has 0 aromatic heterocycles. The summed E-state index contributed by atoms with van der Waals surface area (Å²) in [6.07, 6.45) is -1.23. The molecule has 6 nitrogen and oxygen atoms in total. The Bertz CT molecular complexity index is 449. The molecule has 0 radical (unpaired) electrons. The molecule has 1 aromatic carbocycles. The Morgan fingerprint density at radius 1 is 1.42 bits per heavy atom. The van der Waals surface area contributed by atoms with Gasteiger partial charge in [-0.25, -0.2) is 0 Å². The zero-order chi connectivity index (χ0) is 13.7. The number of hydrogen-bond acceptors (Lipinski definition) is 5. The van der Waals surface area contributed by atoms with Crippen LogP contribution >= 0.6 is 0 Å². The van der Waals surface area contributed by atoms with Crippen molar-refractivity contribution in [1.82, 2.24) is 5.32 Å². The topological polar surface area (TPSA) is 77.0 Å². The number of nitrogens with one attached hydrogen (secondary N) is 1. The molecule has 0 saturated heterocycles. The minimum absolute atomic E-state index is 0.358. The summed E-state index contributed by atoms with van der Waals surface area (Å²) in [6, 6.07) is 4.96. The van der Waals surface area contributed by atoms with E-state index in [9.17, 15) is 9.90 Å². The summed E-state index contributed by atoms with van der Waals surface area (Å²) >= 11 is 0. The SMILES string of the molecule is COCCNC(=O)C(O)c1ccc2c(c1)OCCO2. The summed E-state index contributed by atoms with van der Waals surface area (Å²) in [7, 11) is 1.55. The van der Waals surface area contributed by atoms with Crippen molar-refractivity contribution < 1.29 is 24.1 Å². The highest BCUT2D eigenvalue weighted by Crippen LogP contribution is 2.32. The molecule has 0 aliphatic carbocycles. The van der Waals surface area contributed by atoms with E-state index in [0.717, 1.165) is 0 Å². The van der Waals surface area contributed by atoms with E-state index in [1.165, 1.54) is 0 Å². The Labute approximate surface area is 111 Å². The lowest BCUT2D eigenvalue weighted by molar-refractivity contribution is -0.129. The van der Waals surface area contributed by atoms with Gasteiger partial charge < -0.3 is 24.6 Å². The Hall–Kier alpha value is -1.79. The first kappa shape index (κ1) is 13.6. The monoisotopic (exact) mass is 267 g/mol. The van der Waals surface area contributed by atoms with Crippen LogP contribution in [0.4, 0.5) is 0 Å². The van der Waals surface area contributed by atoms with E-state index in [4.69, 9.17) is 14.2 Å². The number of fused-ring (bicyclic) bond motifs is 1. The molecule has 104 valence electrons. The number of hydrogen-bond donors (Lipinski definition) is 2. The number of ether oxygens (including phenoxy) is 3. The van der Waals surface area contributed by atoms with Gasteiger partial charge in [0.05, 0.1) is 6.61 Å². The minimum atomic E-state index is -1.23. The van der Waals surface area contributed by atoms with Crippen LogP contribution in [0.15, 0.2) is 18.2 Å². The van der Waals surface area contributed by atoms with Crippen molar-refractivity contribution in [3.8, 4) is 11.5 Å². The summed E-state index contributed by atoms with van der Waals surface area (Å²) in [5.41, 5.74) is 0.471. The standard InChI is InChI=1S/C13H17NO5/c1-17-5-4-14-13(16)12(15)9-2-3-10-11(8-9)19-7-6-18-10/h2-3,8,12,15H,4-7H2,1H3,(H,14,16). The second-order valence-electron chi connectivity index (χ2n) is 4.09. The minimum Gasteiger partial charge on any atom is -0.486 e. The Kier molecular flexibility index (Phi) is 4.59. The Morgan fingerprint density at radius 3 is 2.89 bits per heavy atom. The van der Waals surface area contributed by atoms with Crippen LogP contribution in [0, 0.1) is 0 Å². The van der Waals surface area contributed by atoms with Gasteiger partial charge in [0.2, 0.25) is 0 Å². The van der Waals surface area contributed by atoms with Crippen molar-refractivity contribution >= 4 is 5.91 Å². The van der Waals surface area contributed by atoms with Gasteiger partial charge in [-0.05, 0) is 17.7 Å². The average molecular weight is 267 g/mol. The maximum atomic E-state index is 11.7. The highest BCUT2D eigenvalue weighted by atomic mass is 16.6. The summed E-state index contributed by atoms with van der Waals surface area (Å²) in [5, 5.41) is 12.5. The van der Waals surface area contributed by atoms with Gasteiger partial charge in [-0.1, -0.05) is 6.07 Å². The smallest absolute Gasteiger partial charge is 0.253 e. The molecule has 1 amide bonds. The average Bonchev–Trinajstić information content (AvgIpc) is 2.46. The molecule has 0 fully saturated rings. The van der Waals surface area contributed by atoms with Crippen LogP contribution in [0.5, 0.6) is 11.5 Å². The molecular formula is C13H17NO5. The normalized spacial score (nSPS) is 14.8. The number of amides is 1. The predicted molar refractivity (Wildman–Crippen MR) is 67.3 cm³/mol. The number of methoxy groups -OCH3 is 1. The molecule has 2 N–H and O–H groups in total. The summed E-state index contributed by atoms with van der Waals surface area (Å²) in [5.74, 6) is 0.711. The Balaban J connectivity index is 2.02. The summed E-state index contributed by atoms with van der Waals surface area (Å²) < 4.78 is 15.6. The van der Waals surface area contributed by atoms with Crippen LogP contribution in [0.3, 0.4) is 0 Å². The third-order valence-electron chi connectivity index (χ3n) is 2.74. The molecule has 19 heavy (non-hydrogen) atoms. The molecule has 0 spiro atoms. The van der Waals surface area contributed by atoms with Gasteiger partial charge in [-0.2, -0.15) is 0 Å². The van der Waals surface area contributed by atoms with Gasteiger partial charge in [0, 0.05) is 13.7 Å². The largest absolute Gasteiger partial charge is 0.486 e. The van der Waals surface area contributed by atoms with Crippen LogP contribution in [0.1, 0.15) is 11.7 Å². The van der Waals surface area contributed by atoms with Gasteiger partial charge >= 0.3 is 0 Å². The molecule has 1 atom stereocenters. The first-order valence-electron chi connectivity index (χ1n) is 6.06. The van der Waals surface area contributed by atoms with Crippen LogP contribution < -0.4 is 14.8 Å². The fourth-order valence-electron chi connectivity index (χ4n) is 1.75. The fraction of sp³-hybridized carbons (Fsp3) is 0.462. The summed E-state index contributed by atoms with van der Waals surface area (Å²) in [4.78, 5) is 11.7. The summed E-state index contributed by atoms with van der Waals surface area (Å²) in [6.45, 7) is 1.73. The van der Waals surface area contributed by atoms with E-state index >= 15 is 0 Å². The van der Waals surface area contributed by atoms with Gasteiger partial charge in [0.1, 0.15) is 13.2 Å². The highest BCUT2D eigenvalue weighted by molar-refractivity contribution is 5.82. The number of carbonyl (C=O) groups excluding carboxylic acids is 1. The van der Waals surface area contributed by atoms with Crippen molar-refractivity contribution in [2.75, 3.05) is 33.5 Å². The zero-order valence-electron chi connectivity index (χ0n) is 10.7. The predicted octanol–water partition coefficient (Wildman–Crippen LogP) is 0.254. The first-order chi connectivity index (χ1) is 9.22. The lowest BCUT2D eigenvalue weighted by atomic mass is 10.1. The van der Waals surface area contributed by atoms with Crippen molar-refractivity contribution in [2.45, 2.75) is 6.10 Å². The third-order valence-corrected chi connectivity index (χ3v) is 2.74. The molecule has 0 saturated carbocycles. The number of benzene rings is 1. The lowest BCUT2D eigenvalue weighted by Gasteiger charge is -2.20. The van der Waals surface area contributed by atoms with Crippen molar-refractivity contribution in [2.24, 2.45) is 0 Å². The zero-order valence-corrected chi connectivity index (χ0v) is 10.7. The molecular weight excluding hydrogens is 250 g/mol. The quantitative estimate of drug-likeness (QED) is 0.748. The molecule has 1 aliphatic heterocycles. The van der Waals surface area contributed by atoms with E-state index < -0.39 is 12.0 Å². The van der Waals surface area contributed by atoms with Crippen molar-refractivity contribution in [3.05, 3.63) is 23.8 Å². The fourth-order valence-corrected chi connectivity index (χ4v) is 1.75. The molecule has 1 unspecified atom stereocenters. The Morgan fingerprint density at radius 2 is 2.16 bits per heavy atom. The van der Waals surface area contributed by atoms with Gasteiger partial charge in [-0.15, -0.1) is 0 Å². The van der Waals surface area contributed by atoms with Crippen molar-refractivity contribution in [1.29, 1.82) is 0 Å². The highest BCUT2D eigenvalue weighted by Gasteiger charge is 2.20. The molecule has 1 aliphatic rings. The number of carbonyl (C=O) groups is 1. The molecule has 2 rings (SSSR count). The molecule has 1 heterocycles. The van der Waals surface area contributed by atoms with E-state index in [0.29, 0.717) is 43.4 Å². The van der Waals surface area contributed by atoms with Gasteiger partial charge in [-0.3, -0.25) is 4.79 Å². The van der Waals surface area contributed by atoms with Crippen molar-refractivity contribution in [3.63, 3.8) is 0 Å². The van der Waals surface area contributed by atoms with Gasteiger partial charge in [0.25, 0.3) is 5.91 Å². The second kappa shape index (κ2) is 6.40. The molecule has 1 aromatic rings. The van der Waals surface area contributed by atoms with Crippen LogP contribution in [0.25, 0.3) is 0 Å². The molecule has 0 bridgehead atoms. The van der Waals surface area contributed by atoms with Gasteiger partial charge in [0.15, 0.2) is 17.6 Å². The van der Waals surface area contributed by atoms with E-state index in [-0.39, 0.29) is 0 Å². The van der Waals surface area contributed by atoms with Crippen LogP contribution in [-0.4, -0.2) is 44.5 Å². The maximum Gasteiger partial charge on any atom is 0.253 e. The van der Waals surface area contributed by atoms with E-state index in [1.54, 1.807) is 25.3 Å². The van der Waals surface area contributed by atoms with E-state index in [2.05, 4.69) is 5.32 Å². The molecule has 6 heteroatoms. The lowest BCUT2D eigenvalue weighted by Crippen LogP contribution is -2.31. The van der Waals surface area contributed by atoms with Crippen LogP contribution in [0.2, 0.25) is 0 Å². The third kappa shape index (κ3) is 3.36.